The van der Waals surface area contributed by atoms with Crippen molar-refractivity contribution in [3.63, 3.8) is 0 Å². The summed E-state index contributed by atoms with van der Waals surface area (Å²) in [5.41, 5.74) is 9.03. The van der Waals surface area contributed by atoms with Crippen molar-refractivity contribution in [1.82, 2.24) is 0 Å². The molecule has 1 aliphatic rings. The Morgan fingerprint density at radius 2 is 1.85 bits per heavy atom. The summed E-state index contributed by atoms with van der Waals surface area (Å²) < 4.78 is 0. The number of carbonyl (C=O) groups is 1. The summed E-state index contributed by atoms with van der Waals surface area (Å²) in [7, 11) is 0. The average molecular weight is 266 g/mol. The van der Waals surface area contributed by atoms with Crippen molar-refractivity contribution >= 4 is 17.3 Å². The van der Waals surface area contributed by atoms with Crippen LogP contribution in [0.25, 0.3) is 0 Å². The molecule has 2 aromatic carbocycles. The molecule has 0 aliphatic heterocycles. The van der Waals surface area contributed by atoms with Crippen LogP contribution in [0.4, 0.5) is 11.4 Å². The summed E-state index contributed by atoms with van der Waals surface area (Å²) in [6, 6.07) is 15.6. The normalized spacial score (nSPS) is 15.7. The summed E-state index contributed by atoms with van der Waals surface area (Å²) in [6.45, 7) is 1.97. The van der Waals surface area contributed by atoms with Crippen LogP contribution in [0.1, 0.15) is 24.0 Å². The summed E-state index contributed by atoms with van der Waals surface area (Å²) in [5.74, 6) is 0.0670. The van der Waals surface area contributed by atoms with Crippen molar-refractivity contribution in [2.24, 2.45) is 0 Å². The Bertz CT molecular complexity index is 645. The van der Waals surface area contributed by atoms with Crippen LogP contribution in [0.15, 0.2) is 48.5 Å². The molecule has 0 saturated heterocycles. The van der Waals surface area contributed by atoms with Gasteiger partial charge in [0, 0.05) is 11.4 Å². The van der Waals surface area contributed by atoms with Gasteiger partial charge in [0.25, 0.3) is 0 Å². The van der Waals surface area contributed by atoms with E-state index in [0.29, 0.717) is 5.69 Å². The number of rotatable bonds is 3. The standard InChI is InChI=1S/C17H18N2O/c1-12-7-8-14(18)11-15(12)19-16(20)17(9-10-17)13-5-3-2-4-6-13/h2-8,11H,9-10,18H2,1H3,(H,19,20). The predicted octanol–water partition coefficient (Wildman–Crippen LogP) is 3.25. The molecule has 1 fully saturated rings. The van der Waals surface area contributed by atoms with Crippen LogP contribution < -0.4 is 11.1 Å². The number of anilines is 2. The zero-order valence-electron chi connectivity index (χ0n) is 11.5. The molecule has 0 heterocycles. The van der Waals surface area contributed by atoms with E-state index in [0.717, 1.165) is 29.7 Å². The highest BCUT2D eigenvalue weighted by Gasteiger charge is 2.51. The number of hydrogen-bond acceptors (Lipinski definition) is 2. The first-order valence-corrected chi connectivity index (χ1v) is 6.85. The monoisotopic (exact) mass is 266 g/mol. The molecule has 1 amide bonds. The lowest BCUT2D eigenvalue weighted by Gasteiger charge is -2.17. The van der Waals surface area contributed by atoms with Gasteiger partial charge in [-0.1, -0.05) is 36.4 Å². The largest absolute Gasteiger partial charge is 0.399 e. The minimum atomic E-state index is -0.349. The summed E-state index contributed by atoms with van der Waals surface area (Å²) >= 11 is 0. The Hall–Kier alpha value is -2.29. The lowest BCUT2D eigenvalue weighted by atomic mass is 9.95. The van der Waals surface area contributed by atoms with Crippen LogP contribution in [0.3, 0.4) is 0 Å². The first-order chi connectivity index (χ1) is 9.62. The van der Waals surface area contributed by atoms with E-state index in [2.05, 4.69) is 5.32 Å². The number of carbonyl (C=O) groups excluding carboxylic acids is 1. The topological polar surface area (TPSA) is 55.1 Å². The lowest BCUT2D eigenvalue weighted by Crippen LogP contribution is -2.28. The van der Waals surface area contributed by atoms with Crippen molar-refractivity contribution < 1.29 is 4.79 Å². The highest BCUT2D eigenvalue weighted by atomic mass is 16.2. The van der Waals surface area contributed by atoms with Gasteiger partial charge in [0.05, 0.1) is 5.41 Å². The fraction of sp³-hybridized carbons (Fsp3) is 0.235. The van der Waals surface area contributed by atoms with Gasteiger partial charge in [-0.2, -0.15) is 0 Å². The zero-order valence-corrected chi connectivity index (χ0v) is 11.5. The van der Waals surface area contributed by atoms with Crippen LogP contribution in [0.5, 0.6) is 0 Å². The molecule has 3 rings (SSSR count). The van der Waals surface area contributed by atoms with E-state index in [9.17, 15) is 4.79 Å². The minimum Gasteiger partial charge on any atom is -0.399 e. The Balaban J connectivity index is 1.85. The highest BCUT2D eigenvalue weighted by Crippen LogP contribution is 2.49. The smallest absolute Gasteiger partial charge is 0.235 e. The molecule has 3 N–H and O–H groups in total. The van der Waals surface area contributed by atoms with Gasteiger partial charge >= 0.3 is 0 Å². The number of nitrogens with one attached hydrogen (secondary N) is 1. The van der Waals surface area contributed by atoms with Crippen LogP contribution in [0, 0.1) is 6.92 Å². The second-order valence-electron chi connectivity index (χ2n) is 5.48. The molecule has 0 radical (unpaired) electrons. The third-order valence-electron chi connectivity index (χ3n) is 4.02. The number of benzene rings is 2. The number of amides is 1. The predicted molar refractivity (Wildman–Crippen MR) is 81.6 cm³/mol. The molecule has 102 valence electrons. The Kier molecular flexibility index (Phi) is 2.97. The molecular formula is C17H18N2O. The molecule has 2 aromatic rings. The molecule has 0 bridgehead atoms. The van der Waals surface area contributed by atoms with E-state index < -0.39 is 0 Å². The maximum absolute atomic E-state index is 12.6. The van der Waals surface area contributed by atoms with Crippen molar-refractivity contribution in [1.29, 1.82) is 0 Å². The molecule has 20 heavy (non-hydrogen) atoms. The Labute approximate surface area is 118 Å². The quantitative estimate of drug-likeness (QED) is 0.838. The van der Waals surface area contributed by atoms with Gasteiger partial charge < -0.3 is 11.1 Å². The van der Waals surface area contributed by atoms with Gasteiger partial charge in [0.15, 0.2) is 0 Å². The SMILES string of the molecule is Cc1ccc(N)cc1NC(=O)C1(c2ccccc2)CC1. The van der Waals surface area contributed by atoms with Crippen LogP contribution in [0.2, 0.25) is 0 Å². The molecule has 3 heteroatoms. The third-order valence-corrected chi connectivity index (χ3v) is 4.02. The van der Waals surface area contributed by atoms with Gasteiger partial charge in [-0.05, 0) is 43.0 Å². The van der Waals surface area contributed by atoms with Crippen molar-refractivity contribution in [3.8, 4) is 0 Å². The van der Waals surface area contributed by atoms with E-state index in [1.807, 2.05) is 55.5 Å². The molecule has 0 aromatic heterocycles. The molecule has 3 nitrogen and oxygen atoms in total. The summed E-state index contributed by atoms with van der Waals surface area (Å²) in [6.07, 6.45) is 1.81. The number of nitrogen functional groups attached to an aromatic ring is 1. The minimum absolute atomic E-state index is 0.0670. The second-order valence-corrected chi connectivity index (χ2v) is 5.48. The maximum Gasteiger partial charge on any atom is 0.235 e. The van der Waals surface area contributed by atoms with Gasteiger partial charge in [0.2, 0.25) is 5.91 Å². The highest BCUT2D eigenvalue weighted by molar-refractivity contribution is 6.02. The van der Waals surface area contributed by atoms with E-state index in [-0.39, 0.29) is 11.3 Å². The maximum atomic E-state index is 12.6. The van der Waals surface area contributed by atoms with E-state index in [4.69, 9.17) is 5.73 Å². The van der Waals surface area contributed by atoms with E-state index in [1.165, 1.54) is 0 Å². The van der Waals surface area contributed by atoms with E-state index >= 15 is 0 Å². The number of hydrogen-bond donors (Lipinski definition) is 2. The molecule has 0 unspecified atom stereocenters. The van der Waals surface area contributed by atoms with Crippen LogP contribution >= 0.6 is 0 Å². The summed E-state index contributed by atoms with van der Waals surface area (Å²) in [5, 5.41) is 3.03. The molecular weight excluding hydrogens is 248 g/mol. The van der Waals surface area contributed by atoms with Gasteiger partial charge in [-0.15, -0.1) is 0 Å². The third kappa shape index (κ3) is 2.16. The molecule has 0 spiro atoms. The first-order valence-electron chi connectivity index (χ1n) is 6.85. The molecule has 1 saturated carbocycles. The van der Waals surface area contributed by atoms with Gasteiger partial charge in [0.1, 0.15) is 0 Å². The lowest BCUT2D eigenvalue weighted by molar-refractivity contribution is -0.118. The van der Waals surface area contributed by atoms with Crippen LogP contribution in [-0.2, 0) is 10.2 Å². The Morgan fingerprint density at radius 3 is 2.50 bits per heavy atom. The number of aryl methyl sites for hydroxylation is 1. The number of nitrogens with two attached hydrogens (primary N) is 1. The zero-order chi connectivity index (χ0) is 14.2. The Morgan fingerprint density at radius 1 is 1.15 bits per heavy atom. The van der Waals surface area contributed by atoms with E-state index in [1.54, 1.807) is 0 Å². The second kappa shape index (κ2) is 4.67. The fourth-order valence-electron chi connectivity index (χ4n) is 2.55. The summed E-state index contributed by atoms with van der Waals surface area (Å²) in [4.78, 5) is 12.6. The molecule has 1 aliphatic carbocycles. The average Bonchev–Trinajstić information content (AvgIpc) is 3.25. The van der Waals surface area contributed by atoms with Crippen LogP contribution in [-0.4, -0.2) is 5.91 Å². The van der Waals surface area contributed by atoms with Gasteiger partial charge in [-0.3, -0.25) is 4.79 Å². The van der Waals surface area contributed by atoms with Crippen molar-refractivity contribution in [2.75, 3.05) is 11.1 Å². The van der Waals surface area contributed by atoms with Crippen molar-refractivity contribution in [2.45, 2.75) is 25.2 Å². The molecule has 0 atom stereocenters. The first kappa shape index (κ1) is 12.7. The van der Waals surface area contributed by atoms with Crippen molar-refractivity contribution in [3.05, 3.63) is 59.7 Å². The van der Waals surface area contributed by atoms with Gasteiger partial charge in [-0.25, -0.2) is 0 Å². The fourth-order valence-corrected chi connectivity index (χ4v) is 2.55.